The molecule has 0 atom stereocenters. The highest BCUT2D eigenvalue weighted by Crippen LogP contribution is 2.34. The van der Waals surface area contributed by atoms with Crippen LogP contribution in [0.25, 0.3) is 5.03 Å². The molecule has 1 aromatic carbocycles. The SMILES string of the molecule is CC(C)N(c1ccc(/C(Cl)=C/C2=C(Cl)C(=O)C(Cl)=C(Cl)C2=O)cc1)C(C)C. The molecular weight excluding hydrogens is 428 g/mol. The minimum Gasteiger partial charge on any atom is -0.367 e. The number of hydrogen-bond donors (Lipinski definition) is 0. The molecule has 0 fully saturated rings. The molecule has 0 N–H and O–H groups in total. The molecule has 1 aromatic rings. The first-order valence-electron chi connectivity index (χ1n) is 8.36. The molecule has 0 amide bonds. The summed E-state index contributed by atoms with van der Waals surface area (Å²) in [5.74, 6) is -1.33. The van der Waals surface area contributed by atoms with Gasteiger partial charge >= 0.3 is 0 Å². The van der Waals surface area contributed by atoms with Gasteiger partial charge in [0.1, 0.15) is 15.1 Å². The van der Waals surface area contributed by atoms with Crippen LogP contribution in [0.5, 0.6) is 0 Å². The molecule has 3 nitrogen and oxygen atoms in total. The molecule has 0 bridgehead atoms. The van der Waals surface area contributed by atoms with E-state index in [1.165, 1.54) is 6.08 Å². The lowest BCUT2D eigenvalue weighted by Crippen LogP contribution is -2.36. The summed E-state index contributed by atoms with van der Waals surface area (Å²) in [5.41, 5.74) is 1.67. The molecular formula is C20H19Cl4NO2. The van der Waals surface area contributed by atoms with Gasteiger partial charge in [0.25, 0.3) is 0 Å². The third kappa shape index (κ3) is 4.60. The Kier molecular flexibility index (Phi) is 7.20. The number of anilines is 1. The molecule has 1 aliphatic carbocycles. The summed E-state index contributed by atoms with van der Waals surface area (Å²) >= 11 is 23.9. The van der Waals surface area contributed by atoms with Gasteiger partial charge in [-0.3, -0.25) is 9.59 Å². The number of hydrogen-bond acceptors (Lipinski definition) is 3. The molecule has 0 heterocycles. The maximum Gasteiger partial charge on any atom is 0.218 e. The third-order valence-electron chi connectivity index (χ3n) is 4.10. The monoisotopic (exact) mass is 445 g/mol. The standard InChI is InChI=1S/C20H19Cl4NO2/c1-10(2)25(11(3)4)13-7-5-12(6-8-13)15(21)9-14-16(22)20(27)18(24)17(23)19(14)26/h5-11H,1-4H3/b15-9-. The van der Waals surface area contributed by atoms with Crippen molar-refractivity contribution < 1.29 is 9.59 Å². The Balaban J connectivity index is 2.37. The Bertz CT molecular complexity index is 856. The fourth-order valence-corrected chi connectivity index (χ4v) is 3.85. The number of carbonyl (C=O) groups is 2. The lowest BCUT2D eigenvalue weighted by atomic mass is 10.0. The predicted octanol–water partition coefficient (Wildman–Crippen LogP) is 6.22. The number of nitrogens with zero attached hydrogens (tertiary/aromatic N) is 1. The van der Waals surface area contributed by atoms with Crippen LogP contribution >= 0.6 is 46.4 Å². The third-order valence-corrected chi connectivity index (χ3v) is 5.62. The van der Waals surface area contributed by atoms with Gasteiger partial charge in [0.15, 0.2) is 0 Å². The van der Waals surface area contributed by atoms with E-state index in [1.807, 2.05) is 24.3 Å². The van der Waals surface area contributed by atoms with Crippen molar-refractivity contribution in [3.8, 4) is 0 Å². The normalized spacial score (nSPS) is 16.1. The van der Waals surface area contributed by atoms with Crippen molar-refractivity contribution in [2.45, 2.75) is 39.8 Å². The van der Waals surface area contributed by atoms with Crippen LogP contribution < -0.4 is 4.90 Å². The molecule has 0 unspecified atom stereocenters. The van der Waals surface area contributed by atoms with Crippen LogP contribution in [0, 0.1) is 0 Å². The number of allylic oxidation sites excluding steroid dienone is 5. The second-order valence-corrected chi connectivity index (χ2v) is 8.19. The molecule has 0 spiro atoms. The molecule has 144 valence electrons. The molecule has 2 rings (SSSR count). The highest BCUT2D eigenvalue weighted by Gasteiger charge is 2.31. The van der Waals surface area contributed by atoms with Gasteiger partial charge in [-0.1, -0.05) is 58.5 Å². The quantitative estimate of drug-likeness (QED) is 0.503. The van der Waals surface area contributed by atoms with Crippen LogP contribution in [0.4, 0.5) is 5.69 Å². The minimum absolute atomic E-state index is 0.0730. The van der Waals surface area contributed by atoms with E-state index in [0.717, 1.165) is 5.69 Å². The van der Waals surface area contributed by atoms with Crippen molar-refractivity contribution >= 4 is 68.7 Å². The summed E-state index contributed by atoms with van der Waals surface area (Å²) in [6.45, 7) is 8.51. The van der Waals surface area contributed by atoms with E-state index in [4.69, 9.17) is 46.4 Å². The summed E-state index contributed by atoms with van der Waals surface area (Å²) in [5, 5.41) is -0.776. The maximum atomic E-state index is 12.3. The van der Waals surface area contributed by atoms with Gasteiger partial charge in [0.05, 0.1) is 0 Å². The Morgan fingerprint density at radius 3 is 1.81 bits per heavy atom. The van der Waals surface area contributed by atoms with E-state index >= 15 is 0 Å². The highest BCUT2D eigenvalue weighted by atomic mass is 35.5. The first-order chi connectivity index (χ1) is 12.6. The van der Waals surface area contributed by atoms with Crippen LogP contribution in [0.3, 0.4) is 0 Å². The topological polar surface area (TPSA) is 37.4 Å². The molecule has 0 aliphatic heterocycles. The number of ketones is 2. The van der Waals surface area contributed by atoms with Gasteiger partial charge in [0, 0.05) is 28.4 Å². The summed E-state index contributed by atoms with van der Waals surface area (Å²) in [6, 6.07) is 8.30. The largest absolute Gasteiger partial charge is 0.367 e. The average molecular weight is 447 g/mol. The van der Waals surface area contributed by atoms with E-state index in [-0.39, 0.29) is 25.7 Å². The molecule has 0 aromatic heterocycles. The first kappa shape index (κ1) is 22.0. The Morgan fingerprint density at radius 1 is 0.852 bits per heavy atom. The maximum absolute atomic E-state index is 12.3. The zero-order chi connectivity index (χ0) is 20.5. The van der Waals surface area contributed by atoms with E-state index in [2.05, 4.69) is 32.6 Å². The second-order valence-electron chi connectivity index (χ2n) is 6.65. The molecule has 0 radical (unpaired) electrons. The Morgan fingerprint density at radius 2 is 1.33 bits per heavy atom. The Hall–Kier alpha value is -1.26. The summed E-state index contributed by atoms with van der Waals surface area (Å²) < 4.78 is 0. The van der Waals surface area contributed by atoms with E-state index < -0.39 is 11.6 Å². The van der Waals surface area contributed by atoms with Gasteiger partial charge in [-0.15, -0.1) is 0 Å². The number of halogens is 4. The summed E-state index contributed by atoms with van der Waals surface area (Å²) in [6.07, 6.45) is 1.34. The average Bonchev–Trinajstić information content (AvgIpc) is 2.62. The molecule has 0 saturated carbocycles. The number of carbonyl (C=O) groups excluding carboxylic acids is 2. The van der Waals surface area contributed by atoms with E-state index in [1.54, 1.807) is 0 Å². The zero-order valence-electron chi connectivity index (χ0n) is 15.3. The molecule has 1 aliphatic rings. The van der Waals surface area contributed by atoms with Gasteiger partial charge < -0.3 is 4.90 Å². The predicted molar refractivity (Wildman–Crippen MR) is 115 cm³/mol. The van der Waals surface area contributed by atoms with Crippen LogP contribution in [0.2, 0.25) is 0 Å². The van der Waals surface area contributed by atoms with Crippen LogP contribution in [-0.2, 0) is 9.59 Å². The van der Waals surface area contributed by atoms with Crippen molar-refractivity contribution in [3.63, 3.8) is 0 Å². The summed E-state index contributed by atoms with van der Waals surface area (Å²) in [4.78, 5) is 26.5. The van der Waals surface area contributed by atoms with E-state index in [0.29, 0.717) is 17.6 Å². The van der Waals surface area contributed by atoms with E-state index in [9.17, 15) is 9.59 Å². The van der Waals surface area contributed by atoms with Gasteiger partial charge in [-0.2, -0.15) is 0 Å². The van der Waals surface area contributed by atoms with Crippen molar-refractivity contribution in [1.82, 2.24) is 0 Å². The lowest BCUT2D eigenvalue weighted by Gasteiger charge is -2.33. The number of benzene rings is 1. The van der Waals surface area contributed by atoms with Crippen LogP contribution in [0.1, 0.15) is 33.3 Å². The van der Waals surface area contributed by atoms with Crippen molar-refractivity contribution in [2.24, 2.45) is 0 Å². The summed E-state index contributed by atoms with van der Waals surface area (Å²) in [7, 11) is 0. The van der Waals surface area contributed by atoms with Crippen molar-refractivity contribution in [2.75, 3.05) is 4.90 Å². The molecule has 27 heavy (non-hydrogen) atoms. The fourth-order valence-electron chi connectivity index (χ4n) is 2.96. The van der Waals surface area contributed by atoms with Crippen LogP contribution in [0.15, 0.2) is 51.0 Å². The fraction of sp³-hybridized carbons (Fsp3) is 0.300. The van der Waals surface area contributed by atoms with Crippen molar-refractivity contribution in [1.29, 1.82) is 0 Å². The van der Waals surface area contributed by atoms with Crippen LogP contribution in [-0.4, -0.2) is 23.7 Å². The number of Topliss-reactive ketones (excluding diaryl/α,β-unsaturated/α-hetero) is 2. The first-order valence-corrected chi connectivity index (χ1v) is 9.87. The van der Waals surface area contributed by atoms with Gasteiger partial charge in [-0.25, -0.2) is 0 Å². The highest BCUT2D eigenvalue weighted by molar-refractivity contribution is 6.64. The molecule has 7 heteroatoms. The number of rotatable bonds is 5. The van der Waals surface area contributed by atoms with Gasteiger partial charge in [0.2, 0.25) is 11.6 Å². The second kappa shape index (κ2) is 8.83. The lowest BCUT2D eigenvalue weighted by molar-refractivity contribution is -0.115. The van der Waals surface area contributed by atoms with Crippen molar-refractivity contribution in [3.05, 3.63) is 56.6 Å². The minimum atomic E-state index is -0.696. The zero-order valence-corrected chi connectivity index (χ0v) is 18.3. The smallest absolute Gasteiger partial charge is 0.218 e. The molecule has 0 saturated heterocycles. The Labute approximate surface area is 179 Å². The van der Waals surface area contributed by atoms with Gasteiger partial charge in [-0.05, 0) is 51.5 Å².